The van der Waals surface area contributed by atoms with Gasteiger partial charge in [-0.25, -0.2) is 0 Å². The third-order valence-electron chi connectivity index (χ3n) is 4.88. The highest BCUT2D eigenvalue weighted by Crippen LogP contribution is 2.46. The van der Waals surface area contributed by atoms with Crippen molar-refractivity contribution in [2.75, 3.05) is 23.8 Å². The van der Waals surface area contributed by atoms with E-state index in [0.29, 0.717) is 19.5 Å². The molecule has 0 saturated carbocycles. The van der Waals surface area contributed by atoms with Gasteiger partial charge in [0.15, 0.2) is 6.54 Å². The number of para-hydroxylation sites is 1. The van der Waals surface area contributed by atoms with E-state index in [2.05, 4.69) is 40.7 Å². The van der Waals surface area contributed by atoms with Crippen LogP contribution in [0.15, 0.2) is 52.4 Å². The topological polar surface area (TPSA) is 81.7 Å². The molecule has 2 aromatic carbocycles. The average molecular weight is 464 g/mol. The number of aliphatic hydroxyl groups is 1. The van der Waals surface area contributed by atoms with Crippen LogP contribution in [0.25, 0.3) is 16.3 Å². The van der Waals surface area contributed by atoms with Gasteiger partial charge < -0.3 is 10.0 Å². The van der Waals surface area contributed by atoms with E-state index in [-0.39, 0.29) is 12.4 Å². The second-order valence-electron chi connectivity index (χ2n) is 7.13. The number of thioether (sulfide) groups is 1. The first-order valence-electron chi connectivity index (χ1n) is 9.61. The number of aromatic nitrogens is 1. The molecule has 9 heteroatoms. The highest BCUT2D eigenvalue weighted by Gasteiger charge is 2.27. The molecule has 158 valence electrons. The maximum atomic E-state index is 11.2. The van der Waals surface area contributed by atoms with Gasteiger partial charge in [0, 0.05) is 17.5 Å². The molecule has 1 aliphatic heterocycles. The Bertz CT molecular complexity index is 1220. The largest absolute Gasteiger partial charge is 0.390 e. The Morgan fingerprint density at radius 1 is 1.20 bits per heavy atom. The number of hydrogen-bond acceptors (Lipinski definition) is 6. The molecule has 0 amide bonds. The molecule has 1 aliphatic rings. The van der Waals surface area contributed by atoms with Gasteiger partial charge in [0.25, 0.3) is 15.1 Å². The Kier molecular flexibility index (Phi) is 6.17. The zero-order valence-electron chi connectivity index (χ0n) is 16.5. The number of hydrogen-bond donors (Lipinski definition) is 2. The first-order valence-corrected chi connectivity index (χ1v) is 12.8. The van der Waals surface area contributed by atoms with Crippen molar-refractivity contribution < 1.29 is 22.6 Å². The second kappa shape index (κ2) is 8.68. The third kappa shape index (κ3) is 4.55. The van der Waals surface area contributed by atoms with E-state index in [1.165, 1.54) is 5.56 Å². The molecular weight excluding hydrogens is 440 g/mol. The van der Waals surface area contributed by atoms with E-state index in [1.807, 2.05) is 24.3 Å². The number of anilines is 1. The lowest BCUT2D eigenvalue weighted by atomic mass is 10.2. The van der Waals surface area contributed by atoms with Gasteiger partial charge in [0.2, 0.25) is 5.52 Å². The Morgan fingerprint density at radius 2 is 2.00 bits per heavy atom. The van der Waals surface area contributed by atoms with E-state index >= 15 is 0 Å². The molecule has 30 heavy (non-hydrogen) atoms. The Morgan fingerprint density at radius 3 is 2.77 bits per heavy atom. The van der Waals surface area contributed by atoms with Crippen LogP contribution in [0.5, 0.6) is 0 Å². The highest BCUT2D eigenvalue weighted by molar-refractivity contribution is 8.03. The molecular formula is C21H23N2O4S3+. The van der Waals surface area contributed by atoms with Gasteiger partial charge in [0.1, 0.15) is 11.3 Å². The summed E-state index contributed by atoms with van der Waals surface area (Å²) < 4.78 is 34.7. The minimum Gasteiger partial charge on any atom is -0.390 e. The van der Waals surface area contributed by atoms with Gasteiger partial charge in [-0.05, 0) is 37.1 Å². The van der Waals surface area contributed by atoms with E-state index in [1.54, 1.807) is 23.1 Å². The molecule has 0 saturated heterocycles. The van der Waals surface area contributed by atoms with Crippen molar-refractivity contribution in [3.63, 3.8) is 0 Å². The summed E-state index contributed by atoms with van der Waals surface area (Å²) in [7, 11) is -3.99. The molecule has 3 aromatic rings. The van der Waals surface area contributed by atoms with Crippen molar-refractivity contribution >= 4 is 55.2 Å². The molecule has 1 aromatic heterocycles. The Hall–Kier alpha value is -1.91. The van der Waals surface area contributed by atoms with Crippen molar-refractivity contribution in [3.05, 3.63) is 58.1 Å². The van der Waals surface area contributed by atoms with Crippen LogP contribution >= 0.6 is 23.1 Å². The van der Waals surface area contributed by atoms with Gasteiger partial charge in [0.05, 0.1) is 22.5 Å². The molecule has 0 unspecified atom stereocenters. The minimum absolute atomic E-state index is 0.0476. The summed E-state index contributed by atoms with van der Waals surface area (Å²) in [5.74, 6) is -0.268. The van der Waals surface area contributed by atoms with E-state index in [9.17, 15) is 13.5 Å². The predicted octanol–water partition coefficient (Wildman–Crippen LogP) is 3.68. The number of nitrogens with zero attached hydrogens (tertiary/aromatic N) is 2. The summed E-state index contributed by atoms with van der Waals surface area (Å²) in [5, 5.41) is 11.6. The van der Waals surface area contributed by atoms with Crippen LogP contribution in [-0.2, 0) is 16.7 Å². The van der Waals surface area contributed by atoms with Crippen LogP contribution in [0.2, 0.25) is 0 Å². The number of thiazole rings is 1. The van der Waals surface area contributed by atoms with Gasteiger partial charge in [-0.3, -0.25) is 4.55 Å². The number of aliphatic hydroxyl groups excluding tert-OH is 1. The van der Waals surface area contributed by atoms with Crippen molar-refractivity contribution in [1.29, 1.82) is 0 Å². The van der Waals surface area contributed by atoms with Crippen molar-refractivity contribution in [2.24, 2.45) is 0 Å². The lowest BCUT2D eigenvalue weighted by molar-refractivity contribution is -0.670. The first-order chi connectivity index (χ1) is 14.4. The summed E-state index contributed by atoms with van der Waals surface area (Å²) in [6, 6.07) is 14.3. The zero-order valence-corrected chi connectivity index (χ0v) is 18.9. The number of benzene rings is 2. The molecule has 0 bridgehead atoms. The third-order valence-corrected chi connectivity index (χ3v) is 7.89. The molecule has 0 aliphatic carbocycles. The molecule has 0 spiro atoms. The molecule has 2 heterocycles. The Labute approximate surface area is 184 Å². The van der Waals surface area contributed by atoms with Crippen LogP contribution in [0.3, 0.4) is 0 Å². The maximum absolute atomic E-state index is 11.2. The normalized spacial score (nSPS) is 15.3. The van der Waals surface area contributed by atoms with E-state index in [0.717, 1.165) is 30.8 Å². The number of rotatable bonds is 7. The quantitative estimate of drug-likeness (QED) is 0.411. The summed E-state index contributed by atoms with van der Waals surface area (Å²) in [6.07, 6.45) is 2.43. The lowest BCUT2D eigenvalue weighted by Gasteiger charge is -2.19. The first kappa shape index (κ1) is 21.3. The minimum atomic E-state index is -3.99. The van der Waals surface area contributed by atoms with Crippen LogP contribution in [-0.4, -0.2) is 37.0 Å². The van der Waals surface area contributed by atoms with Gasteiger partial charge >= 0.3 is 0 Å². The van der Waals surface area contributed by atoms with Gasteiger partial charge in [-0.2, -0.15) is 13.0 Å². The summed E-state index contributed by atoms with van der Waals surface area (Å²) in [4.78, 5) is 3.21. The Balaban J connectivity index is 1.73. The molecule has 6 nitrogen and oxygen atoms in total. The van der Waals surface area contributed by atoms with Crippen LogP contribution in [0.1, 0.15) is 17.0 Å². The fourth-order valence-electron chi connectivity index (χ4n) is 3.55. The SMILES string of the molecule is Cc1ccc2c(c1)sc(C=C1Sc3ccccc3N1CCCS(=O)(=O)O)[n+]2CCO. The maximum Gasteiger partial charge on any atom is 0.265 e. The monoisotopic (exact) mass is 463 g/mol. The van der Waals surface area contributed by atoms with E-state index < -0.39 is 10.1 Å². The van der Waals surface area contributed by atoms with Crippen LogP contribution < -0.4 is 9.47 Å². The summed E-state index contributed by atoms with van der Waals surface area (Å²) >= 11 is 3.32. The summed E-state index contributed by atoms with van der Waals surface area (Å²) in [6.45, 7) is 3.10. The standard InChI is InChI=1S/C21H22N2O4S3/c1-15-7-8-17-19(13-15)29-21(23(17)10-11-24)14-20-22(9-4-12-30(25,26)27)16-5-2-3-6-18(16)28-20/h2-3,5-8,13-14,24H,4,9-12H2,1H3/p+1. The highest BCUT2D eigenvalue weighted by atomic mass is 32.2. The van der Waals surface area contributed by atoms with E-state index in [4.69, 9.17) is 4.55 Å². The second-order valence-corrected chi connectivity index (χ2v) is 10.8. The van der Waals surface area contributed by atoms with Gasteiger partial charge in [-0.1, -0.05) is 41.3 Å². The number of fused-ring (bicyclic) bond motifs is 2. The van der Waals surface area contributed by atoms with Crippen molar-refractivity contribution in [3.8, 4) is 0 Å². The van der Waals surface area contributed by atoms with Crippen molar-refractivity contribution in [2.45, 2.75) is 24.8 Å². The molecule has 2 N–H and O–H groups in total. The van der Waals surface area contributed by atoms with Crippen LogP contribution in [0.4, 0.5) is 5.69 Å². The zero-order chi connectivity index (χ0) is 21.3. The fourth-order valence-corrected chi connectivity index (χ4v) is 6.47. The smallest absolute Gasteiger partial charge is 0.265 e. The summed E-state index contributed by atoms with van der Waals surface area (Å²) in [5.41, 5.74) is 3.31. The average Bonchev–Trinajstić information content (AvgIpc) is 3.19. The van der Waals surface area contributed by atoms with Crippen LogP contribution in [0, 0.1) is 6.92 Å². The lowest BCUT2D eigenvalue weighted by Crippen LogP contribution is -2.37. The molecule has 0 radical (unpaired) electrons. The predicted molar refractivity (Wildman–Crippen MR) is 122 cm³/mol. The van der Waals surface area contributed by atoms with Crippen molar-refractivity contribution in [1.82, 2.24) is 0 Å². The number of aryl methyl sites for hydroxylation is 1. The van der Waals surface area contributed by atoms with Gasteiger partial charge in [-0.15, -0.1) is 0 Å². The molecule has 4 rings (SSSR count). The molecule has 0 fully saturated rings. The fraction of sp³-hybridized carbons (Fsp3) is 0.286. The molecule has 0 atom stereocenters.